The Morgan fingerprint density at radius 2 is 2.24 bits per heavy atom. The molecule has 4 heteroatoms. The number of rotatable bonds is 2. The molecule has 0 spiro atoms. The molecule has 94 valence electrons. The van der Waals surface area contributed by atoms with Crippen molar-refractivity contribution in [1.82, 2.24) is 5.32 Å². The van der Waals surface area contributed by atoms with Gasteiger partial charge in [0, 0.05) is 27.1 Å². The molecule has 0 fully saturated rings. The standard InChI is InChI=1S/C13H17ClFNS/c1-4-16-12-11-8(7-17-13(12,2)3)9(14)5-6-10(11)15/h5-6,12,16H,4,7H2,1-3H3. The molecular weight excluding hydrogens is 257 g/mol. The average Bonchev–Trinajstić information content (AvgIpc) is 2.27. The number of hydrogen-bond donors (Lipinski definition) is 1. The Balaban J connectivity index is 2.55. The van der Waals surface area contributed by atoms with Crippen molar-refractivity contribution in [3.05, 3.63) is 34.1 Å². The number of fused-ring (bicyclic) bond motifs is 1. The van der Waals surface area contributed by atoms with E-state index in [4.69, 9.17) is 11.6 Å². The normalized spacial score (nSPS) is 22.3. The van der Waals surface area contributed by atoms with Crippen LogP contribution in [0.2, 0.25) is 5.02 Å². The molecule has 0 radical (unpaired) electrons. The highest BCUT2D eigenvalue weighted by atomic mass is 35.5. The summed E-state index contributed by atoms with van der Waals surface area (Å²) in [6, 6.07) is 3.13. The van der Waals surface area contributed by atoms with Crippen LogP contribution < -0.4 is 5.32 Å². The highest BCUT2D eigenvalue weighted by Gasteiger charge is 2.38. The van der Waals surface area contributed by atoms with Gasteiger partial charge in [-0.3, -0.25) is 0 Å². The zero-order chi connectivity index (χ0) is 12.6. The van der Waals surface area contributed by atoms with Crippen LogP contribution in [0.3, 0.4) is 0 Å². The second kappa shape index (κ2) is 4.79. The van der Waals surface area contributed by atoms with Crippen molar-refractivity contribution in [2.75, 3.05) is 6.54 Å². The van der Waals surface area contributed by atoms with E-state index in [9.17, 15) is 4.39 Å². The predicted molar refractivity (Wildman–Crippen MR) is 73.2 cm³/mol. The van der Waals surface area contributed by atoms with Gasteiger partial charge < -0.3 is 5.32 Å². The van der Waals surface area contributed by atoms with Gasteiger partial charge in [-0.25, -0.2) is 4.39 Å². The van der Waals surface area contributed by atoms with Crippen LogP contribution in [-0.4, -0.2) is 11.3 Å². The Morgan fingerprint density at radius 1 is 1.53 bits per heavy atom. The van der Waals surface area contributed by atoms with Crippen LogP contribution >= 0.6 is 23.4 Å². The quantitative estimate of drug-likeness (QED) is 0.869. The molecule has 0 saturated carbocycles. The fourth-order valence-corrected chi connectivity index (χ4v) is 3.82. The number of hydrogen-bond acceptors (Lipinski definition) is 2. The average molecular weight is 274 g/mol. The van der Waals surface area contributed by atoms with E-state index < -0.39 is 0 Å². The summed E-state index contributed by atoms with van der Waals surface area (Å²) in [5, 5.41) is 4.05. The van der Waals surface area contributed by atoms with Crippen molar-refractivity contribution >= 4 is 23.4 Å². The molecule has 1 aliphatic heterocycles. The summed E-state index contributed by atoms with van der Waals surface area (Å²) in [6.07, 6.45) is 0. The van der Waals surface area contributed by atoms with E-state index in [2.05, 4.69) is 19.2 Å². The minimum Gasteiger partial charge on any atom is -0.309 e. The smallest absolute Gasteiger partial charge is 0.128 e. The SMILES string of the molecule is CCNC1c2c(F)ccc(Cl)c2CSC1(C)C. The molecule has 1 aromatic carbocycles. The molecule has 0 aliphatic carbocycles. The molecule has 0 aromatic heterocycles. The lowest BCUT2D eigenvalue weighted by atomic mass is 9.90. The van der Waals surface area contributed by atoms with Gasteiger partial charge in [0.15, 0.2) is 0 Å². The van der Waals surface area contributed by atoms with Crippen LogP contribution in [0, 0.1) is 5.82 Å². The lowest BCUT2D eigenvalue weighted by Gasteiger charge is -2.40. The fourth-order valence-electron chi connectivity index (χ4n) is 2.31. The first kappa shape index (κ1) is 13.2. The Bertz CT molecular complexity index is 434. The second-order valence-electron chi connectivity index (χ2n) is 4.80. The summed E-state index contributed by atoms with van der Waals surface area (Å²) in [5.41, 5.74) is 1.70. The molecule has 1 aliphatic rings. The zero-order valence-corrected chi connectivity index (χ0v) is 11.9. The maximum absolute atomic E-state index is 14.1. The van der Waals surface area contributed by atoms with Crippen LogP contribution in [0.5, 0.6) is 0 Å². The topological polar surface area (TPSA) is 12.0 Å². The summed E-state index contributed by atoms with van der Waals surface area (Å²) in [6.45, 7) is 7.15. The van der Waals surface area contributed by atoms with Crippen molar-refractivity contribution in [1.29, 1.82) is 0 Å². The van der Waals surface area contributed by atoms with Crippen LogP contribution in [0.1, 0.15) is 37.9 Å². The first-order chi connectivity index (χ1) is 7.97. The Labute approximate surface area is 111 Å². The molecule has 1 nitrogen and oxygen atoms in total. The monoisotopic (exact) mass is 273 g/mol. The van der Waals surface area contributed by atoms with Gasteiger partial charge in [-0.05, 0) is 38.1 Å². The number of benzene rings is 1. The summed E-state index contributed by atoms with van der Waals surface area (Å²) >= 11 is 7.99. The minimum absolute atomic E-state index is 0.0138. The van der Waals surface area contributed by atoms with E-state index in [0.29, 0.717) is 5.02 Å². The van der Waals surface area contributed by atoms with Crippen LogP contribution in [-0.2, 0) is 5.75 Å². The van der Waals surface area contributed by atoms with Crippen molar-refractivity contribution in [2.45, 2.75) is 37.3 Å². The van der Waals surface area contributed by atoms with Crippen LogP contribution in [0.15, 0.2) is 12.1 Å². The van der Waals surface area contributed by atoms with E-state index in [1.165, 1.54) is 6.07 Å². The third kappa shape index (κ3) is 2.33. The van der Waals surface area contributed by atoms with Gasteiger partial charge in [0.1, 0.15) is 5.82 Å². The van der Waals surface area contributed by atoms with Crippen molar-refractivity contribution < 1.29 is 4.39 Å². The second-order valence-corrected chi connectivity index (χ2v) is 6.84. The lowest BCUT2D eigenvalue weighted by Crippen LogP contribution is -2.40. The lowest BCUT2D eigenvalue weighted by molar-refractivity contribution is 0.429. The van der Waals surface area contributed by atoms with Gasteiger partial charge in [0.2, 0.25) is 0 Å². The minimum atomic E-state index is -0.149. The highest BCUT2D eigenvalue weighted by molar-refractivity contribution is 8.00. The molecule has 2 rings (SSSR count). The predicted octanol–water partition coefficient (Wildman–Crippen LogP) is 4.16. The van der Waals surface area contributed by atoms with Gasteiger partial charge in [-0.1, -0.05) is 18.5 Å². The van der Waals surface area contributed by atoms with Gasteiger partial charge in [-0.2, -0.15) is 0 Å². The number of nitrogens with one attached hydrogen (secondary N) is 1. The number of halogens is 2. The summed E-state index contributed by atoms with van der Waals surface area (Å²) in [7, 11) is 0. The molecule has 1 aromatic rings. The molecule has 0 amide bonds. The van der Waals surface area contributed by atoms with Crippen LogP contribution in [0.25, 0.3) is 0 Å². The Morgan fingerprint density at radius 3 is 2.88 bits per heavy atom. The van der Waals surface area contributed by atoms with E-state index in [1.807, 2.05) is 18.7 Å². The molecule has 1 atom stereocenters. The van der Waals surface area contributed by atoms with Gasteiger partial charge >= 0.3 is 0 Å². The Kier molecular flexibility index (Phi) is 3.71. The summed E-state index contributed by atoms with van der Waals surface area (Å²) < 4.78 is 14.0. The number of thioether (sulfide) groups is 1. The Hall–Kier alpha value is -0.250. The molecular formula is C13H17ClFNS. The van der Waals surface area contributed by atoms with Crippen molar-refractivity contribution in [3.8, 4) is 0 Å². The van der Waals surface area contributed by atoms with Crippen molar-refractivity contribution in [2.24, 2.45) is 0 Å². The maximum atomic E-state index is 14.1. The molecule has 1 unspecified atom stereocenters. The molecule has 17 heavy (non-hydrogen) atoms. The first-order valence-corrected chi connectivity index (χ1v) is 7.18. The zero-order valence-electron chi connectivity index (χ0n) is 10.3. The van der Waals surface area contributed by atoms with E-state index in [0.717, 1.165) is 23.4 Å². The van der Waals surface area contributed by atoms with Gasteiger partial charge in [-0.15, -0.1) is 11.8 Å². The van der Waals surface area contributed by atoms with E-state index >= 15 is 0 Å². The largest absolute Gasteiger partial charge is 0.309 e. The fraction of sp³-hybridized carbons (Fsp3) is 0.538. The van der Waals surface area contributed by atoms with Gasteiger partial charge in [0.25, 0.3) is 0 Å². The molecule has 0 saturated heterocycles. The maximum Gasteiger partial charge on any atom is 0.128 e. The third-order valence-electron chi connectivity index (χ3n) is 3.23. The molecule has 1 heterocycles. The molecule has 0 bridgehead atoms. The summed E-state index contributed by atoms with van der Waals surface area (Å²) in [4.78, 5) is 0. The van der Waals surface area contributed by atoms with E-state index in [-0.39, 0.29) is 16.6 Å². The third-order valence-corrected chi connectivity index (χ3v) is 4.99. The summed E-state index contributed by atoms with van der Waals surface area (Å²) in [5.74, 6) is 0.629. The molecule has 1 N–H and O–H groups in total. The van der Waals surface area contributed by atoms with E-state index in [1.54, 1.807) is 6.07 Å². The first-order valence-electron chi connectivity index (χ1n) is 5.81. The van der Waals surface area contributed by atoms with Crippen molar-refractivity contribution in [3.63, 3.8) is 0 Å². The van der Waals surface area contributed by atoms with Gasteiger partial charge in [0.05, 0.1) is 0 Å². The highest BCUT2D eigenvalue weighted by Crippen LogP contribution is 2.48. The van der Waals surface area contributed by atoms with Crippen LogP contribution in [0.4, 0.5) is 4.39 Å².